The molecule has 3 rings (SSSR count). The normalized spacial score (nSPS) is 16.8. The molecule has 6 nitrogen and oxygen atoms in total. The molecule has 2 N–H and O–H groups in total. The van der Waals surface area contributed by atoms with E-state index in [0.29, 0.717) is 31.8 Å². The smallest absolute Gasteiger partial charge is 0.333 e. The van der Waals surface area contributed by atoms with Gasteiger partial charge in [-0.15, -0.1) is 11.8 Å². The van der Waals surface area contributed by atoms with Gasteiger partial charge in [0.15, 0.2) is 6.10 Å². The molecule has 2 aromatic carbocycles. The van der Waals surface area contributed by atoms with Crippen LogP contribution in [0.1, 0.15) is 18.9 Å². The number of anilines is 1. The number of aliphatic carboxylic acids is 1. The summed E-state index contributed by atoms with van der Waals surface area (Å²) in [6, 6.07) is 15.0. The Balaban J connectivity index is 1.49. The van der Waals surface area contributed by atoms with Crippen molar-refractivity contribution in [2.75, 3.05) is 18.5 Å². The molecule has 28 heavy (non-hydrogen) atoms. The molecular weight excluding hydrogens is 378 g/mol. The van der Waals surface area contributed by atoms with Crippen molar-refractivity contribution in [1.29, 1.82) is 0 Å². The van der Waals surface area contributed by atoms with Gasteiger partial charge in [-0.3, -0.25) is 4.79 Å². The average molecular weight is 401 g/mol. The highest BCUT2D eigenvalue weighted by Gasteiger charge is 2.26. The van der Waals surface area contributed by atoms with Crippen LogP contribution in [-0.4, -0.2) is 41.6 Å². The monoisotopic (exact) mass is 401 g/mol. The number of rotatable bonds is 9. The lowest BCUT2D eigenvalue weighted by atomic mass is 10.1. The van der Waals surface area contributed by atoms with Crippen molar-refractivity contribution in [1.82, 2.24) is 0 Å². The molecule has 0 radical (unpaired) electrons. The summed E-state index contributed by atoms with van der Waals surface area (Å²) in [6.07, 6.45) is 0.0567. The molecule has 0 aromatic heterocycles. The van der Waals surface area contributed by atoms with Gasteiger partial charge in [0.2, 0.25) is 5.91 Å². The van der Waals surface area contributed by atoms with Crippen molar-refractivity contribution < 1.29 is 24.2 Å². The van der Waals surface area contributed by atoms with Crippen LogP contribution in [0.2, 0.25) is 0 Å². The largest absolute Gasteiger partial charge is 0.494 e. The second kappa shape index (κ2) is 9.61. The van der Waals surface area contributed by atoms with Gasteiger partial charge in [0.1, 0.15) is 5.75 Å². The minimum Gasteiger partial charge on any atom is -0.494 e. The van der Waals surface area contributed by atoms with E-state index in [9.17, 15) is 9.59 Å². The summed E-state index contributed by atoms with van der Waals surface area (Å²) in [5.41, 5.74) is 1.73. The van der Waals surface area contributed by atoms with E-state index in [4.69, 9.17) is 14.6 Å². The summed E-state index contributed by atoms with van der Waals surface area (Å²) < 4.78 is 11.0. The van der Waals surface area contributed by atoms with Gasteiger partial charge < -0.3 is 19.9 Å². The lowest BCUT2D eigenvalue weighted by Gasteiger charge is -2.23. The van der Waals surface area contributed by atoms with Crippen LogP contribution in [-0.2, 0) is 20.7 Å². The Kier molecular flexibility index (Phi) is 6.95. The number of carboxylic acids is 1. The predicted molar refractivity (Wildman–Crippen MR) is 108 cm³/mol. The van der Waals surface area contributed by atoms with Crippen LogP contribution in [0.3, 0.4) is 0 Å². The molecule has 2 unspecified atom stereocenters. The van der Waals surface area contributed by atoms with Crippen molar-refractivity contribution in [2.24, 2.45) is 0 Å². The van der Waals surface area contributed by atoms with Gasteiger partial charge >= 0.3 is 5.97 Å². The summed E-state index contributed by atoms with van der Waals surface area (Å²) in [7, 11) is 0. The highest BCUT2D eigenvalue weighted by Crippen LogP contribution is 2.36. The third-order valence-corrected chi connectivity index (χ3v) is 5.69. The Morgan fingerprint density at radius 3 is 2.68 bits per heavy atom. The Morgan fingerprint density at radius 1 is 1.21 bits per heavy atom. The summed E-state index contributed by atoms with van der Waals surface area (Å²) in [5, 5.41) is 11.9. The second-order valence-corrected chi connectivity index (χ2v) is 7.60. The topological polar surface area (TPSA) is 84.9 Å². The number of amides is 1. The van der Waals surface area contributed by atoms with Gasteiger partial charge in [-0.05, 0) is 36.8 Å². The predicted octanol–water partition coefficient (Wildman–Crippen LogP) is 3.60. The van der Waals surface area contributed by atoms with Gasteiger partial charge in [0.05, 0.1) is 17.5 Å². The molecule has 148 valence electrons. The number of benzene rings is 2. The summed E-state index contributed by atoms with van der Waals surface area (Å²) >= 11 is 1.56. The number of para-hydroxylation sites is 1. The zero-order valence-corrected chi connectivity index (χ0v) is 16.4. The first-order chi connectivity index (χ1) is 13.6. The number of nitrogens with one attached hydrogen (secondary N) is 1. The Labute approximate surface area is 168 Å². The first kappa shape index (κ1) is 20.2. The van der Waals surface area contributed by atoms with Crippen LogP contribution in [0.25, 0.3) is 0 Å². The highest BCUT2D eigenvalue weighted by atomic mass is 32.2. The van der Waals surface area contributed by atoms with Crippen LogP contribution in [0, 0.1) is 0 Å². The zero-order chi connectivity index (χ0) is 19.9. The molecule has 0 bridgehead atoms. The maximum Gasteiger partial charge on any atom is 0.333 e. The molecule has 1 aliphatic heterocycles. The van der Waals surface area contributed by atoms with Gasteiger partial charge in [-0.25, -0.2) is 4.79 Å². The number of hydrogen-bond donors (Lipinski definition) is 2. The fraction of sp³-hybridized carbons (Fsp3) is 0.333. The first-order valence-corrected chi connectivity index (χ1v) is 10.1. The van der Waals surface area contributed by atoms with Crippen molar-refractivity contribution in [3.05, 3.63) is 54.1 Å². The summed E-state index contributed by atoms with van der Waals surface area (Å²) in [5.74, 6) is -0.279. The lowest BCUT2D eigenvalue weighted by Crippen LogP contribution is -2.30. The average Bonchev–Trinajstić information content (AvgIpc) is 2.69. The maximum absolute atomic E-state index is 12.2. The molecule has 1 amide bonds. The van der Waals surface area contributed by atoms with E-state index in [2.05, 4.69) is 5.32 Å². The van der Waals surface area contributed by atoms with Crippen LogP contribution in [0.4, 0.5) is 5.69 Å². The second-order valence-electron chi connectivity index (χ2n) is 6.36. The number of hydrogen-bond acceptors (Lipinski definition) is 5. The fourth-order valence-electron chi connectivity index (χ4n) is 2.92. The molecule has 0 spiro atoms. The van der Waals surface area contributed by atoms with Gasteiger partial charge in [-0.1, -0.05) is 24.3 Å². The molecule has 2 aromatic rings. The van der Waals surface area contributed by atoms with Crippen molar-refractivity contribution in [2.45, 2.75) is 36.0 Å². The molecule has 2 atom stereocenters. The number of carbonyl (C=O) groups is 2. The lowest BCUT2D eigenvalue weighted by molar-refractivity contribution is -0.149. The van der Waals surface area contributed by atoms with E-state index in [1.165, 1.54) is 0 Å². The SMILES string of the molecule is CCOC(Cc1ccc(OCCC2Sc3ccccc3NC2=O)cc1)C(=O)O. The zero-order valence-electron chi connectivity index (χ0n) is 15.6. The molecule has 1 aliphatic rings. The Bertz CT molecular complexity index is 824. The Morgan fingerprint density at radius 2 is 1.96 bits per heavy atom. The minimum absolute atomic E-state index is 0.00159. The van der Waals surface area contributed by atoms with E-state index < -0.39 is 12.1 Å². The number of thioether (sulfide) groups is 1. The summed E-state index contributed by atoms with van der Waals surface area (Å²) in [6.45, 7) is 2.55. The molecule has 0 fully saturated rings. The van der Waals surface area contributed by atoms with Crippen molar-refractivity contribution in [3.8, 4) is 5.75 Å². The number of ether oxygens (including phenoxy) is 2. The Hall–Kier alpha value is -2.51. The molecule has 0 saturated heterocycles. The van der Waals surface area contributed by atoms with E-state index in [1.807, 2.05) is 48.5 Å². The summed E-state index contributed by atoms with van der Waals surface area (Å²) in [4.78, 5) is 24.4. The number of fused-ring (bicyclic) bond motifs is 1. The number of carbonyl (C=O) groups excluding carboxylic acids is 1. The van der Waals surface area contributed by atoms with Gasteiger partial charge in [-0.2, -0.15) is 0 Å². The maximum atomic E-state index is 12.2. The van der Waals surface area contributed by atoms with E-state index in [1.54, 1.807) is 18.7 Å². The van der Waals surface area contributed by atoms with Gasteiger partial charge in [0, 0.05) is 24.3 Å². The van der Waals surface area contributed by atoms with Crippen molar-refractivity contribution >= 4 is 29.3 Å². The van der Waals surface area contributed by atoms with E-state index >= 15 is 0 Å². The quantitative estimate of drug-likeness (QED) is 0.668. The highest BCUT2D eigenvalue weighted by molar-refractivity contribution is 8.01. The molecule has 0 saturated carbocycles. The molecule has 0 aliphatic carbocycles. The van der Waals surface area contributed by atoms with E-state index in [0.717, 1.165) is 16.1 Å². The minimum atomic E-state index is -0.966. The first-order valence-electron chi connectivity index (χ1n) is 9.19. The molecule has 1 heterocycles. The van der Waals surface area contributed by atoms with Gasteiger partial charge in [0.25, 0.3) is 0 Å². The third-order valence-electron chi connectivity index (χ3n) is 4.34. The third kappa shape index (κ3) is 5.27. The fourth-order valence-corrected chi connectivity index (χ4v) is 4.01. The van der Waals surface area contributed by atoms with Crippen LogP contribution in [0.5, 0.6) is 5.75 Å². The van der Waals surface area contributed by atoms with Crippen molar-refractivity contribution in [3.63, 3.8) is 0 Å². The van der Waals surface area contributed by atoms with Crippen LogP contribution < -0.4 is 10.1 Å². The standard InChI is InChI=1S/C21H23NO5S/c1-2-26-17(21(24)25)13-14-7-9-15(10-8-14)27-12-11-19-20(23)22-16-5-3-4-6-18(16)28-19/h3-10,17,19H,2,11-13H2,1H3,(H,22,23)(H,24,25). The van der Waals surface area contributed by atoms with Crippen LogP contribution in [0.15, 0.2) is 53.4 Å². The number of carboxylic acid groups (broad SMARTS) is 1. The van der Waals surface area contributed by atoms with E-state index in [-0.39, 0.29) is 11.2 Å². The molecule has 7 heteroatoms. The van der Waals surface area contributed by atoms with Crippen LogP contribution >= 0.6 is 11.8 Å². The molecular formula is C21H23NO5S.